The highest BCUT2D eigenvalue weighted by atomic mass is 32.2. The molecule has 0 radical (unpaired) electrons. The van der Waals surface area contributed by atoms with Gasteiger partial charge in [0, 0.05) is 12.0 Å². The summed E-state index contributed by atoms with van der Waals surface area (Å²) < 4.78 is 39.6. The predicted octanol–water partition coefficient (Wildman–Crippen LogP) is 3.98. The van der Waals surface area contributed by atoms with Gasteiger partial charge in [-0.15, -0.1) is 0 Å². The van der Waals surface area contributed by atoms with Crippen LogP contribution < -0.4 is 9.46 Å². The van der Waals surface area contributed by atoms with Gasteiger partial charge in [-0.1, -0.05) is 44.2 Å². The molecule has 29 heavy (non-hydrogen) atoms. The average Bonchev–Trinajstić information content (AvgIpc) is 2.73. The number of benzene rings is 2. The third-order valence-electron chi connectivity index (χ3n) is 5.54. The van der Waals surface area contributed by atoms with E-state index >= 15 is 0 Å². The minimum absolute atomic E-state index is 0.167. The first kappa shape index (κ1) is 21.3. The average molecular weight is 418 g/mol. The normalized spacial score (nSPS) is 17.8. The zero-order valence-electron chi connectivity index (χ0n) is 17.0. The number of esters is 1. The second kappa shape index (κ2) is 8.55. The van der Waals surface area contributed by atoms with Crippen molar-refractivity contribution in [2.75, 3.05) is 7.11 Å². The number of sulfonamides is 1. The van der Waals surface area contributed by atoms with Crippen LogP contribution in [0.3, 0.4) is 0 Å². The number of ether oxygens (including phenoxy) is 2. The molecule has 1 aliphatic heterocycles. The highest BCUT2D eigenvalue weighted by molar-refractivity contribution is 7.88. The van der Waals surface area contributed by atoms with Crippen molar-refractivity contribution < 1.29 is 22.7 Å². The van der Waals surface area contributed by atoms with Gasteiger partial charge in [-0.3, -0.25) is 0 Å². The van der Waals surface area contributed by atoms with Crippen molar-refractivity contribution in [3.8, 4) is 5.75 Å². The molecule has 2 aromatic carbocycles. The summed E-state index contributed by atoms with van der Waals surface area (Å²) in [5.41, 5.74) is 1.46. The number of fused-ring (bicyclic) bond motifs is 1. The zero-order valence-corrected chi connectivity index (χ0v) is 17.8. The minimum Gasteiger partial charge on any atom is -0.487 e. The summed E-state index contributed by atoms with van der Waals surface area (Å²) in [6, 6.07) is 13.6. The van der Waals surface area contributed by atoms with Crippen molar-refractivity contribution in [3.05, 3.63) is 65.2 Å². The van der Waals surface area contributed by atoms with E-state index in [0.717, 1.165) is 24.2 Å². The van der Waals surface area contributed by atoms with Gasteiger partial charge in [-0.2, -0.15) is 0 Å². The van der Waals surface area contributed by atoms with Gasteiger partial charge in [-0.05, 0) is 36.6 Å². The molecular formula is C22H27NO5S. The van der Waals surface area contributed by atoms with Crippen LogP contribution in [0.5, 0.6) is 5.75 Å². The van der Waals surface area contributed by atoms with Gasteiger partial charge in [0.15, 0.2) is 0 Å². The van der Waals surface area contributed by atoms with Crippen LogP contribution in [-0.4, -0.2) is 27.1 Å². The van der Waals surface area contributed by atoms with Crippen LogP contribution in [0.4, 0.5) is 0 Å². The summed E-state index contributed by atoms with van der Waals surface area (Å²) in [5.74, 6) is 0.114. The van der Waals surface area contributed by atoms with Crippen molar-refractivity contribution in [2.45, 2.75) is 50.5 Å². The fourth-order valence-electron chi connectivity index (χ4n) is 3.74. The monoisotopic (exact) mass is 417 g/mol. The van der Waals surface area contributed by atoms with Crippen molar-refractivity contribution in [1.82, 2.24) is 4.72 Å². The Morgan fingerprint density at radius 1 is 1.14 bits per heavy atom. The molecular weight excluding hydrogens is 390 g/mol. The maximum absolute atomic E-state index is 12.9. The molecule has 2 aromatic rings. The Hall–Kier alpha value is -2.38. The fraction of sp³-hybridized carbons (Fsp3) is 0.409. The number of hydrogen-bond donors (Lipinski definition) is 1. The van der Waals surface area contributed by atoms with Gasteiger partial charge in [0.1, 0.15) is 11.4 Å². The molecule has 0 saturated carbocycles. The highest BCUT2D eigenvalue weighted by Gasteiger charge is 2.39. The van der Waals surface area contributed by atoms with E-state index in [0.29, 0.717) is 17.5 Å². The first-order chi connectivity index (χ1) is 13.8. The van der Waals surface area contributed by atoms with Gasteiger partial charge in [0.25, 0.3) is 0 Å². The largest absolute Gasteiger partial charge is 0.487 e. The molecule has 1 heterocycles. The second-order valence-corrected chi connectivity index (χ2v) is 9.11. The Labute approximate surface area is 172 Å². The molecule has 156 valence electrons. The van der Waals surface area contributed by atoms with Crippen LogP contribution in [0.2, 0.25) is 0 Å². The van der Waals surface area contributed by atoms with Crippen LogP contribution in [-0.2, 0) is 20.5 Å². The summed E-state index contributed by atoms with van der Waals surface area (Å²) in [7, 11) is -2.30. The summed E-state index contributed by atoms with van der Waals surface area (Å²) in [6.45, 7) is 4.12. The van der Waals surface area contributed by atoms with E-state index in [2.05, 4.69) is 23.3 Å². The second-order valence-electron chi connectivity index (χ2n) is 7.35. The number of nitrogens with one attached hydrogen (secondary N) is 1. The maximum Gasteiger partial charge on any atom is 0.337 e. The van der Waals surface area contributed by atoms with E-state index < -0.39 is 16.0 Å². The van der Waals surface area contributed by atoms with Crippen LogP contribution in [0, 0.1) is 0 Å². The van der Waals surface area contributed by atoms with E-state index in [-0.39, 0.29) is 17.4 Å². The van der Waals surface area contributed by atoms with Crippen molar-refractivity contribution in [2.24, 2.45) is 0 Å². The predicted molar refractivity (Wildman–Crippen MR) is 111 cm³/mol. The SMILES string of the molecule is CCC1(CC)CC(NS(=O)(=O)Cc2ccc(C(=O)OC)cc2)c2ccccc2O1. The molecule has 1 unspecified atom stereocenters. The Kier molecular flexibility index (Phi) is 6.29. The van der Waals surface area contributed by atoms with Crippen LogP contribution in [0.15, 0.2) is 48.5 Å². The smallest absolute Gasteiger partial charge is 0.337 e. The first-order valence-corrected chi connectivity index (χ1v) is 11.4. The lowest BCUT2D eigenvalue weighted by atomic mass is 9.84. The molecule has 0 amide bonds. The Balaban J connectivity index is 1.81. The summed E-state index contributed by atoms with van der Waals surface area (Å²) >= 11 is 0. The van der Waals surface area contributed by atoms with Crippen molar-refractivity contribution in [1.29, 1.82) is 0 Å². The molecule has 1 atom stereocenters. The lowest BCUT2D eigenvalue weighted by molar-refractivity contribution is 0.0260. The molecule has 1 N–H and O–H groups in total. The fourth-order valence-corrected chi connectivity index (χ4v) is 5.10. The van der Waals surface area contributed by atoms with E-state index in [1.54, 1.807) is 24.3 Å². The lowest BCUT2D eigenvalue weighted by Gasteiger charge is -2.41. The molecule has 0 bridgehead atoms. The number of para-hydroxylation sites is 1. The van der Waals surface area contributed by atoms with Gasteiger partial charge in [0.2, 0.25) is 10.0 Å². The summed E-state index contributed by atoms with van der Waals surface area (Å²) in [5, 5.41) is 0. The van der Waals surface area contributed by atoms with Crippen molar-refractivity contribution in [3.63, 3.8) is 0 Å². The quantitative estimate of drug-likeness (QED) is 0.689. The number of carbonyl (C=O) groups is 1. The third-order valence-corrected chi connectivity index (χ3v) is 6.90. The Bertz CT molecular complexity index is 965. The molecule has 3 rings (SSSR count). The molecule has 0 saturated heterocycles. The molecule has 0 aromatic heterocycles. The lowest BCUT2D eigenvalue weighted by Crippen LogP contribution is -2.44. The van der Waals surface area contributed by atoms with E-state index in [1.807, 2.05) is 24.3 Å². The molecule has 0 aliphatic carbocycles. The molecule has 6 nitrogen and oxygen atoms in total. The number of methoxy groups -OCH3 is 1. The van der Waals surface area contributed by atoms with Gasteiger partial charge < -0.3 is 9.47 Å². The van der Waals surface area contributed by atoms with Crippen LogP contribution in [0.1, 0.15) is 60.6 Å². The third kappa shape index (κ3) is 4.79. The van der Waals surface area contributed by atoms with Gasteiger partial charge in [0.05, 0.1) is 24.5 Å². The van der Waals surface area contributed by atoms with Crippen LogP contribution >= 0.6 is 0 Å². The van der Waals surface area contributed by atoms with Crippen LogP contribution in [0.25, 0.3) is 0 Å². The molecule has 0 spiro atoms. The molecule has 1 aliphatic rings. The number of rotatable bonds is 7. The maximum atomic E-state index is 12.9. The molecule has 0 fully saturated rings. The summed E-state index contributed by atoms with van der Waals surface area (Å²) in [6.07, 6.45) is 2.17. The van der Waals surface area contributed by atoms with E-state index in [4.69, 9.17) is 4.74 Å². The highest BCUT2D eigenvalue weighted by Crippen LogP contribution is 2.42. The topological polar surface area (TPSA) is 81.7 Å². The Morgan fingerprint density at radius 2 is 1.79 bits per heavy atom. The summed E-state index contributed by atoms with van der Waals surface area (Å²) in [4.78, 5) is 11.5. The van der Waals surface area contributed by atoms with E-state index in [1.165, 1.54) is 7.11 Å². The van der Waals surface area contributed by atoms with Crippen molar-refractivity contribution >= 4 is 16.0 Å². The van der Waals surface area contributed by atoms with E-state index in [9.17, 15) is 13.2 Å². The zero-order chi connectivity index (χ0) is 21.1. The number of hydrogen-bond acceptors (Lipinski definition) is 5. The van der Waals surface area contributed by atoms with Gasteiger partial charge in [-0.25, -0.2) is 17.9 Å². The number of carbonyl (C=O) groups excluding carboxylic acids is 1. The van der Waals surface area contributed by atoms with Gasteiger partial charge >= 0.3 is 5.97 Å². The standard InChI is InChI=1S/C22H27NO5S/c1-4-22(5-2)14-19(18-8-6-7-9-20(18)28-22)23-29(25,26)15-16-10-12-17(13-11-16)21(24)27-3/h6-13,19,23H,4-5,14-15H2,1-3H3. The molecule has 7 heteroatoms. The minimum atomic E-state index is -3.60. The Morgan fingerprint density at radius 3 is 2.41 bits per heavy atom. The first-order valence-electron chi connectivity index (χ1n) is 9.76.